The van der Waals surface area contributed by atoms with Crippen LogP contribution in [0.1, 0.15) is 13.8 Å². The van der Waals surface area contributed by atoms with Crippen LogP contribution in [-0.2, 0) is 9.53 Å². The number of carbonyl (C=O) groups is 1. The molecule has 0 saturated carbocycles. The SMILES string of the molecule is CC(C)C1=CC(=O)OC2C=C(N)C=CC12. The Balaban J connectivity index is 2.35. The van der Waals surface area contributed by atoms with E-state index in [-0.39, 0.29) is 18.0 Å². The standard InChI is InChI=1S/C12H15NO2/c1-7(2)10-6-12(14)15-11-5-8(13)3-4-9(10)11/h3-7,9,11H,13H2,1-2H3. The molecule has 2 unspecified atom stereocenters. The van der Waals surface area contributed by atoms with Crippen molar-refractivity contribution in [3.8, 4) is 0 Å². The smallest absolute Gasteiger partial charge is 0.331 e. The largest absolute Gasteiger partial charge is 0.454 e. The van der Waals surface area contributed by atoms with Crippen molar-refractivity contribution in [1.82, 2.24) is 0 Å². The minimum Gasteiger partial charge on any atom is -0.454 e. The first-order valence-electron chi connectivity index (χ1n) is 5.15. The van der Waals surface area contributed by atoms with Crippen molar-refractivity contribution in [3.63, 3.8) is 0 Å². The van der Waals surface area contributed by atoms with E-state index in [2.05, 4.69) is 13.8 Å². The zero-order valence-electron chi connectivity index (χ0n) is 8.94. The summed E-state index contributed by atoms with van der Waals surface area (Å²) in [7, 11) is 0. The molecule has 0 aromatic carbocycles. The third kappa shape index (κ3) is 1.82. The van der Waals surface area contributed by atoms with Gasteiger partial charge in [0, 0.05) is 17.7 Å². The third-order valence-corrected chi connectivity index (χ3v) is 2.79. The topological polar surface area (TPSA) is 52.3 Å². The van der Waals surface area contributed by atoms with Crippen molar-refractivity contribution in [1.29, 1.82) is 0 Å². The lowest BCUT2D eigenvalue weighted by molar-refractivity contribution is -0.143. The van der Waals surface area contributed by atoms with E-state index in [1.165, 1.54) is 0 Å². The highest BCUT2D eigenvalue weighted by atomic mass is 16.5. The minimum absolute atomic E-state index is 0.162. The van der Waals surface area contributed by atoms with Crippen LogP contribution in [0.4, 0.5) is 0 Å². The van der Waals surface area contributed by atoms with Crippen molar-refractivity contribution >= 4 is 5.97 Å². The maximum Gasteiger partial charge on any atom is 0.331 e. The molecule has 0 spiro atoms. The van der Waals surface area contributed by atoms with Gasteiger partial charge in [-0.1, -0.05) is 19.9 Å². The van der Waals surface area contributed by atoms with Crippen LogP contribution < -0.4 is 5.73 Å². The van der Waals surface area contributed by atoms with Crippen LogP contribution >= 0.6 is 0 Å². The van der Waals surface area contributed by atoms with Gasteiger partial charge in [-0.25, -0.2) is 4.79 Å². The molecule has 0 fully saturated rings. The molecule has 0 aromatic rings. The zero-order valence-corrected chi connectivity index (χ0v) is 8.94. The summed E-state index contributed by atoms with van der Waals surface area (Å²) >= 11 is 0. The van der Waals surface area contributed by atoms with Crippen molar-refractivity contribution in [2.24, 2.45) is 17.6 Å². The molecule has 15 heavy (non-hydrogen) atoms. The van der Waals surface area contributed by atoms with Crippen molar-refractivity contribution in [3.05, 3.63) is 35.6 Å². The Bertz CT molecular complexity index is 377. The Kier molecular flexibility index (Phi) is 2.39. The Morgan fingerprint density at radius 3 is 2.87 bits per heavy atom. The molecule has 2 rings (SSSR count). The molecule has 0 aromatic heterocycles. The molecule has 0 radical (unpaired) electrons. The molecule has 1 heterocycles. The van der Waals surface area contributed by atoms with Gasteiger partial charge >= 0.3 is 5.97 Å². The van der Waals surface area contributed by atoms with Crippen LogP contribution in [0.2, 0.25) is 0 Å². The number of fused-ring (bicyclic) bond motifs is 1. The quantitative estimate of drug-likeness (QED) is 0.660. The molecule has 0 amide bonds. The number of hydrogen-bond donors (Lipinski definition) is 1. The second kappa shape index (κ2) is 3.57. The van der Waals surface area contributed by atoms with Gasteiger partial charge in [0.1, 0.15) is 6.10 Å². The van der Waals surface area contributed by atoms with Gasteiger partial charge in [-0.2, -0.15) is 0 Å². The molecular formula is C12H15NO2. The van der Waals surface area contributed by atoms with E-state index in [1.807, 2.05) is 12.2 Å². The van der Waals surface area contributed by atoms with Gasteiger partial charge in [0.05, 0.1) is 0 Å². The molecular weight excluding hydrogens is 190 g/mol. The maximum absolute atomic E-state index is 11.3. The van der Waals surface area contributed by atoms with Gasteiger partial charge in [-0.05, 0) is 23.6 Å². The van der Waals surface area contributed by atoms with Gasteiger partial charge < -0.3 is 10.5 Å². The fourth-order valence-electron chi connectivity index (χ4n) is 2.03. The first-order valence-corrected chi connectivity index (χ1v) is 5.15. The second-order valence-corrected chi connectivity index (χ2v) is 4.25. The van der Waals surface area contributed by atoms with Crippen LogP contribution in [0, 0.1) is 11.8 Å². The molecule has 1 aliphatic heterocycles. The number of allylic oxidation sites excluding steroid dienone is 1. The van der Waals surface area contributed by atoms with Gasteiger partial charge in [0.15, 0.2) is 0 Å². The Morgan fingerprint density at radius 1 is 1.47 bits per heavy atom. The molecule has 0 saturated heterocycles. The monoisotopic (exact) mass is 205 g/mol. The summed E-state index contributed by atoms with van der Waals surface area (Å²) in [6.45, 7) is 4.16. The van der Waals surface area contributed by atoms with E-state index in [4.69, 9.17) is 10.5 Å². The van der Waals surface area contributed by atoms with E-state index in [9.17, 15) is 4.79 Å². The molecule has 1 aliphatic carbocycles. The lowest BCUT2D eigenvalue weighted by Gasteiger charge is -2.32. The maximum atomic E-state index is 11.3. The highest BCUT2D eigenvalue weighted by Gasteiger charge is 2.32. The van der Waals surface area contributed by atoms with Gasteiger partial charge in [-0.15, -0.1) is 0 Å². The summed E-state index contributed by atoms with van der Waals surface area (Å²) in [5.74, 6) is 0.247. The normalized spacial score (nSPS) is 29.4. The number of ether oxygens (including phenoxy) is 1. The minimum atomic E-state index is -0.265. The summed E-state index contributed by atoms with van der Waals surface area (Å²) in [6.07, 6.45) is 7.07. The lowest BCUT2D eigenvalue weighted by atomic mass is 9.81. The summed E-state index contributed by atoms with van der Waals surface area (Å²) in [5, 5.41) is 0. The van der Waals surface area contributed by atoms with Gasteiger partial charge in [0.2, 0.25) is 0 Å². The first kappa shape index (κ1) is 10.0. The van der Waals surface area contributed by atoms with Crippen LogP contribution in [-0.4, -0.2) is 12.1 Å². The van der Waals surface area contributed by atoms with Crippen LogP contribution in [0.5, 0.6) is 0 Å². The molecule has 0 bridgehead atoms. The number of esters is 1. The van der Waals surface area contributed by atoms with Crippen molar-refractivity contribution in [2.75, 3.05) is 0 Å². The molecule has 2 atom stereocenters. The predicted molar refractivity (Wildman–Crippen MR) is 57.7 cm³/mol. The molecule has 2 N–H and O–H groups in total. The Hall–Kier alpha value is -1.51. The molecule has 3 nitrogen and oxygen atoms in total. The number of hydrogen-bond acceptors (Lipinski definition) is 3. The summed E-state index contributed by atoms with van der Waals surface area (Å²) in [5.41, 5.74) is 7.45. The molecule has 2 aliphatic rings. The van der Waals surface area contributed by atoms with E-state index < -0.39 is 0 Å². The molecule has 80 valence electrons. The summed E-state index contributed by atoms with van der Waals surface area (Å²) in [4.78, 5) is 11.3. The number of carbonyl (C=O) groups excluding carboxylic acids is 1. The average molecular weight is 205 g/mol. The lowest BCUT2D eigenvalue weighted by Crippen LogP contribution is -2.33. The highest BCUT2D eigenvalue weighted by molar-refractivity contribution is 5.84. The van der Waals surface area contributed by atoms with Gasteiger partial charge in [0.25, 0.3) is 0 Å². The Labute approximate surface area is 89.3 Å². The van der Waals surface area contributed by atoms with E-state index in [0.29, 0.717) is 11.6 Å². The number of nitrogens with two attached hydrogens (primary N) is 1. The second-order valence-electron chi connectivity index (χ2n) is 4.25. The van der Waals surface area contributed by atoms with Crippen LogP contribution in [0.15, 0.2) is 35.6 Å². The summed E-state index contributed by atoms with van der Waals surface area (Å²) < 4.78 is 5.22. The fourth-order valence-corrected chi connectivity index (χ4v) is 2.03. The Morgan fingerprint density at radius 2 is 2.20 bits per heavy atom. The van der Waals surface area contributed by atoms with Gasteiger partial charge in [-0.3, -0.25) is 0 Å². The number of rotatable bonds is 1. The first-order chi connectivity index (χ1) is 7.08. The predicted octanol–water partition coefficient (Wildman–Crippen LogP) is 1.52. The van der Waals surface area contributed by atoms with E-state index in [0.717, 1.165) is 5.57 Å². The van der Waals surface area contributed by atoms with Crippen molar-refractivity contribution in [2.45, 2.75) is 20.0 Å². The average Bonchev–Trinajstić information content (AvgIpc) is 2.15. The van der Waals surface area contributed by atoms with Crippen molar-refractivity contribution < 1.29 is 9.53 Å². The third-order valence-electron chi connectivity index (χ3n) is 2.79. The van der Waals surface area contributed by atoms with Crippen LogP contribution in [0.3, 0.4) is 0 Å². The summed E-state index contributed by atoms with van der Waals surface area (Å²) in [6, 6.07) is 0. The van der Waals surface area contributed by atoms with E-state index >= 15 is 0 Å². The highest BCUT2D eigenvalue weighted by Crippen LogP contribution is 2.33. The van der Waals surface area contributed by atoms with Crippen LogP contribution in [0.25, 0.3) is 0 Å². The van der Waals surface area contributed by atoms with E-state index in [1.54, 1.807) is 12.2 Å². The molecule has 3 heteroatoms. The zero-order chi connectivity index (χ0) is 11.0. The fraction of sp³-hybridized carbons (Fsp3) is 0.417.